The molecule has 0 aromatic rings. The van der Waals surface area contributed by atoms with E-state index in [0.717, 1.165) is 0 Å². The van der Waals surface area contributed by atoms with E-state index < -0.39 is 0 Å². The van der Waals surface area contributed by atoms with Gasteiger partial charge < -0.3 is 0 Å². The monoisotopic (exact) mass is 98.0 g/mol. The Morgan fingerprint density at radius 2 is 1.75 bits per heavy atom. The fourth-order valence-corrected chi connectivity index (χ4v) is 0. The van der Waals surface area contributed by atoms with Crippen LogP contribution in [0.2, 0.25) is 0 Å². The van der Waals surface area contributed by atoms with Crippen molar-refractivity contribution in [1.29, 1.82) is 0 Å². The summed E-state index contributed by atoms with van der Waals surface area (Å²) >= 11 is 0. The van der Waals surface area contributed by atoms with Crippen LogP contribution in [0, 0.1) is 0 Å². The molecule has 0 rings (SSSR count). The fraction of sp³-hybridized carbons (Fsp3) is 0. The molecule has 0 radical (unpaired) electrons. The molecule has 0 aliphatic rings. The van der Waals surface area contributed by atoms with Gasteiger partial charge in [0.1, 0.15) is 0 Å². The second kappa shape index (κ2) is 9.75. The predicted molar refractivity (Wildman–Crippen MR) is 21.6 cm³/mol. The quantitative estimate of drug-likeness (QED) is 0.407. The molecule has 1 unspecified atom stereocenters. The van der Waals surface area contributed by atoms with Crippen LogP contribution in [0.5, 0.6) is 0 Å². The van der Waals surface area contributed by atoms with Crippen LogP contribution in [0.15, 0.2) is 0 Å². The zero-order valence-corrected chi connectivity index (χ0v) is 4.58. The van der Waals surface area contributed by atoms with Crippen molar-refractivity contribution in [3.05, 3.63) is 0 Å². The lowest BCUT2D eigenvalue weighted by atomic mass is 13.9. The third-order valence-electron chi connectivity index (χ3n) is 0. The molecular formula is H6NOP2+. The van der Waals surface area contributed by atoms with Gasteiger partial charge >= 0.3 is 8.61 Å². The van der Waals surface area contributed by atoms with Gasteiger partial charge in [0.25, 0.3) is 0 Å². The number of quaternary nitrogens is 1. The molecule has 0 heterocycles. The Morgan fingerprint density at radius 1 is 1.75 bits per heavy atom. The molecule has 0 aliphatic heterocycles. The molecule has 4 heteroatoms. The molecule has 0 spiro atoms. The zero-order chi connectivity index (χ0) is 2.71. The van der Waals surface area contributed by atoms with Crippen molar-refractivity contribution in [1.82, 2.24) is 0 Å². The molecule has 4 heavy (non-hydrogen) atoms. The smallest absolute Gasteiger partial charge is 0.277 e. The van der Waals surface area contributed by atoms with E-state index in [1.807, 2.05) is 0 Å². The van der Waals surface area contributed by atoms with Crippen molar-refractivity contribution in [2.75, 3.05) is 0 Å². The molecule has 0 fully saturated rings. The Balaban J connectivity index is 0. The highest BCUT2D eigenvalue weighted by Gasteiger charge is 1.35. The number of rotatable bonds is 0. The lowest BCUT2D eigenvalue weighted by Gasteiger charge is -1.19. The van der Waals surface area contributed by atoms with Crippen LogP contribution in [0.1, 0.15) is 0 Å². The highest BCUT2D eigenvalue weighted by Crippen LogP contribution is 1.47. The summed E-state index contributed by atoms with van der Waals surface area (Å²) in [5.74, 6) is 0. The minimum atomic E-state index is -0.0833. The fourth-order valence-electron chi connectivity index (χ4n) is 0. The van der Waals surface area contributed by atoms with Gasteiger partial charge in [-0.1, -0.05) is 0 Å². The van der Waals surface area contributed by atoms with Crippen LogP contribution in [-0.4, -0.2) is 0 Å². The summed E-state index contributed by atoms with van der Waals surface area (Å²) in [6, 6.07) is 0. The number of hydrogen-bond donors (Lipinski definition) is 1. The van der Waals surface area contributed by atoms with Crippen molar-refractivity contribution in [3.63, 3.8) is 0 Å². The van der Waals surface area contributed by atoms with Gasteiger partial charge in [0, 0.05) is 0 Å². The van der Waals surface area contributed by atoms with E-state index in [1.54, 1.807) is 0 Å². The van der Waals surface area contributed by atoms with Gasteiger partial charge in [-0.15, -0.1) is 0 Å². The van der Waals surface area contributed by atoms with E-state index in [4.69, 9.17) is 4.57 Å². The summed E-state index contributed by atoms with van der Waals surface area (Å²) < 4.78 is 8.79. The van der Waals surface area contributed by atoms with Crippen molar-refractivity contribution in [3.8, 4) is 0 Å². The standard InChI is InChI=1S/H2NOP.H3P/c1-3-2;/h(H2,1,2);1H3/p+1. The van der Waals surface area contributed by atoms with E-state index in [1.165, 1.54) is 0 Å². The normalized spacial score (nSPS) is 5.25. The van der Waals surface area contributed by atoms with E-state index >= 15 is 0 Å². The minimum absolute atomic E-state index is 0. The highest BCUT2D eigenvalue weighted by molar-refractivity contribution is 7.14. The van der Waals surface area contributed by atoms with Crippen molar-refractivity contribution in [2.45, 2.75) is 0 Å². The van der Waals surface area contributed by atoms with E-state index in [-0.39, 0.29) is 18.5 Å². The second-order valence-corrected chi connectivity index (χ2v) is 0.387. The molecule has 0 aromatic carbocycles. The lowest BCUT2D eigenvalue weighted by Crippen LogP contribution is -2.29. The molecule has 0 saturated heterocycles. The molecule has 2 nitrogen and oxygen atoms in total. The van der Waals surface area contributed by atoms with Gasteiger partial charge in [-0.2, -0.15) is 9.90 Å². The van der Waals surface area contributed by atoms with Crippen LogP contribution in [0.3, 0.4) is 0 Å². The van der Waals surface area contributed by atoms with Gasteiger partial charge in [-0.3, -0.25) is 5.50 Å². The third kappa shape index (κ3) is 23.0. The first kappa shape index (κ1) is 8.82. The average molecular weight is 98.0 g/mol. The maximum absolute atomic E-state index is 8.79. The Labute approximate surface area is 29.6 Å². The zero-order valence-electron chi connectivity index (χ0n) is 2.27. The minimum Gasteiger partial charge on any atom is -0.277 e. The van der Waals surface area contributed by atoms with E-state index in [9.17, 15) is 0 Å². The molecule has 0 aromatic heterocycles. The molecule has 26 valence electrons. The van der Waals surface area contributed by atoms with Crippen molar-refractivity contribution in [2.24, 2.45) is 0 Å². The Hall–Kier alpha value is 0.490. The first-order chi connectivity index (χ1) is 1.41. The summed E-state index contributed by atoms with van der Waals surface area (Å²) in [5, 5.41) is 0. The second-order valence-electron chi connectivity index (χ2n) is 0.129. The summed E-state index contributed by atoms with van der Waals surface area (Å²) in [6.45, 7) is 0. The molecular weight excluding hydrogens is 92.0 g/mol. The molecule has 1 atom stereocenters. The maximum atomic E-state index is 8.79. The van der Waals surface area contributed by atoms with Gasteiger partial charge in [-0.25, -0.2) is 4.57 Å². The van der Waals surface area contributed by atoms with Gasteiger partial charge in [0.2, 0.25) is 0 Å². The van der Waals surface area contributed by atoms with Crippen LogP contribution >= 0.6 is 18.5 Å². The Kier molecular flexibility index (Phi) is 21.5. The SMILES string of the molecule is P.[NH3+]P=O. The van der Waals surface area contributed by atoms with Crippen LogP contribution in [0.25, 0.3) is 0 Å². The van der Waals surface area contributed by atoms with Crippen LogP contribution in [0.4, 0.5) is 0 Å². The van der Waals surface area contributed by atoms with Crippen LogP contribution < -0.4 is 5.50 Å². The van der Waals surface area contributed by atoms with E-state index in [0.29, 0.717) is 0 Å². The summed E-state index contributed by atoms with van der Waals surface area (Å²) in [7, 11) is -0.0833. The van der Waals surface area contributed by atoms with Gasteiger partial charge in [0.05, 0.1) is 0 Å². The number of hydrogen-bond acceptors (Lipinski definition) is 1. The molecule has 0 amide bonds. The predicted octanol–water partition coefficient (Wildman–Crippen LogP) is -0.507. The Bertz CT molecular complexity index is 13.5. The molecule has 0 bridgehead atoms. The van der Waals surface area contributed by atoms with Crippen molar-refractivity contribution >= 4 is 18.5 Å². The molecule has 0 aliphatic carbocycles. The summed E-state index contributed by atoms with van der Waals surface area (Å²) in [4.78, 5) is 0. The first-order valence-electron chi connectivity index (χ1n) is 0.499. The summed E-state index contributed by atoms with van der Waals surface area (Å²) in [5.41, 5.74) is 2.90. The molecule has 0 saturated carbocycles. The van der Waals surface area contributed by atoms with Gasteiger partial charge in [0.15, 0.2) is 0 Å². The van der Waals surface area contributed by atoms with Gasteiger partial charge in [-0.05, 0) is 0 Å². The van der Waals surface area contributed by atoms with Crippen molar-refractivity contribution < 1.29 is 10.1 Å². The summed E-state index contributed by atoms with van der Waals surface area (Å²) in [6.07, 6.45) is 0. The third-order valence-corrected chi connectivity index (χ3v) is 0. The lowest BCUT2D eigenvalue weighted by molar-refractivity contribution is -0.154. The average Bonchev–Trinajstić information content (AvgIpc) is 0.918. The molecule has 3 N–H and O–H groups in total. The maximum Gasteiger partial charge on any atom is 0.417 e. The van der Waals surface area contributed by atoms with E-state index in [2.05, 4.69) is 5.50 Å². The highest BCUT2D eigenvalue weighted by atomic mass is 31.1. The largest absolute Gasteiger partial charge is 0.417 e. The topological polar surface area (TPSA) is 44.7 Å². The Morgan fingerprint density at radius 3 is 1.75 bits per heavy atom. The van der Waals surface area contributed by atoms with Crippen LogP contribution in [-0.2, 0) is 4.57 Å². The first-order valence-corrected chi connectivity index (χ1v) is 1.50.